The topological polar surface area (TPSA) is 0 Å². The van der Waals surface area contributed by atoms with Crippen molar-refractivity contribution in [2.24, 2.45) is 0 Å². The maximum absolute atomic E-state index is 14.2. The van der Waals surface area contributed by atoms with Gasteiger partial charge in [-0.2, -0.15) is 13.2 Å². The number of hydrogen-bond acceptors (Lipinski definition) is 0. The van der Waals surface area contributed by atoms with Gasteiger partial charge in [-0.15, -0.1) is 0 Å². The monoisotopic (exact) mass is 422 g/mol. The van der Waals surface area contributed by atoms with Crippen molar-refractivity contribution in [2.45, 2.75) is 33.9 Å². The highest BCUT2D eigenvalue weighted by atomic mass is 19.4. The average molecular weight is 422 g/mol. The van der Waals surface area contributed by atoms with Gasteiger partial charge in [0.15, 0.2) is 0 Å². The van der Waals surface area contributed by atoms with Crippen LogP contribution in [0.1, 0.15) is 27.8 Å². The Balaban J connectivity index is 1.79. The minimum absolute atomic E-state index is 0.0117. The first kappa shape index (κ1) is 21.1. The molecule has 0 aliphatic carbocycles. The van der Waals surface area contributed by atoms with Gasteiger partial charge in [0, 0.05) is 0 Å². The van der Waals surface area contributed by atoms with Crippen LogP contribution in [0.15, 0.2) is 60.7 Å². The SMILES string of the molecule is Cc1cc(C)c(-c2ccc(-c3ccc4c(C(F)(F)F)c(C)c(F)cc4c3)cc2)c(C)c1. The van der Waals surface area contributed by atoms with Crippen LogP contribution in [0.3, 0.4) is 0 Å². The normalized spacial score (nSPS) is 11.9. The van der Waals surface area contributed by atoms with E-state index in [-0.39, 0.29) is 16.3 Å². The van der Waals surface area contributed by atoms with Crippen LogP contribution in [0, 0.1) is 33.5 Å². The molecule has 0 N–H and O–H groups in total. The molecule has 0 radical (unpaired) electrons. The summed E-state index contributed by atoms with van der Waals surface area (Å²) in [6.07, 6.45) is -4.61. The third kappa shape index (κ3) is 3.83. The van der Waals surface area contributed by atoms with Crippen molar-refractivity contribution in [3.05, 3.63) is 94.3 Å². The molecule has 158 valence electrons. The van der Waals surface area contributed by atoms with Crippen LogP contribution in [-0.4, -0.2) is 0 Å². The number of halogens is 4. The molecule has 0 atom stereocenters. The van der Waals surface area contributed by atoms with E-state index >= 15 is 0 Å². The Bertz CT molecular complexity index is 1270. The van der Waals surface area contributed by atoms with E-state index in [1.165, 1.54) is 41.3 Å². The third-order valence-electron chi connectivity index (χ3n) is 5.80. The van der Waals surface area contributed by atoms with Crippen molar-refractivity contribution in [1.82, 2.24) is 0 Å². The first-order chi connectivity index (χ1) is 14.6. The van der Waals surface area contributed by atoms with Gasteiger partial charge in [-0.3, -0.25) is 0 Å². The molecule has 0 aliphatic rings. The lowest BCUT2D eigenvalue weighted by Crippen LogP contribution is -2.10. The van der Waals surface area contributed by atoms with Crippen molar-refractivity contribution in [3.63, 3.8) is 0 Å². The van der Waals surface area contributed by atoms with E-state index in [9.17, 15) is 17.6 Å². The van der Waals surface area contributed by atoms with Crippen molar-refractivity contribution in [2.75, 3.05) is 0 Å². The minimum Gasteiger partial charge on any atom is -0.207 e. The van der Waals surface area contributed by atoms with Gasteiger partial charge in [0.1, 0.15) is 5.82 Å². The van der Waals surface area contributed by atoms with Crippen molar-refractivity contribution in [3.8, 4) is 22.3 Å². The van der Waals surface area contributed by atoms with Crippen LogP contribution in [0.25, 0.3) is 33.0 Å². The summed E-state index contributed by atoms with van der Waals surface area (Å²) in [4.78, 5) is 0. The second-order valence-corrected chi connectivity index (χ2v) is 8.14. The number of rotatable bonds is 2. The smallest absolute Gasteiger partial charge is 0.207 e. The average Bonchev–Trinajstić information content (AvgIpc) is 2.67. The van der Waals surface area contributed by atoms with Crippen molar-refractivity contribution >= 4 is 10.8 Å². The molecule has 4 heteroatoms. The molecule has 0 amide bonds. The van der Waals surface area contributed by atoms with E-state index < -0.39 is 17.6 Å². The molecule has 4 aromatic rings. The Morgan fingerprint density at radius 2 is 1.19 bits per heavy atom. The first-order valence-electron chi connectivity index (χ1n) is 10.0. The summed E-state index contributed by atoms with van der Waals surface area (Å²) >= 11 is 0. The maximum Gasteiger partial charge on any atom is 0.417 e. The highest BCUT2D eigenvalue weighted by Crippen LogP contribution is 2.39. The summed E-state index contributed by atoms with van der Waals surface area (Å²) in [5.74, 6) is -0.849. The molecule has 0 saturated heterocycles. The van der Waals surface area contributed by atoms with Gasteiger partial charge in [-0.25, -0.2) is 4.39 Å². The molecule has 0 unspecified atom stereocenters. The molecule has 0 nitrogen and oxygen atoms in total. The standard InChI is InChI=1S/C27H22F4/c1-15-11-16(2)25(17(3)12-15)20-7-5-19(6-8-20)21-9-10-23-22(13-21)14-24(28)18(4)26(23)27(29,30)31/h5-14H,1-4H3. The quantitative estimate of drug-likeness (QED) is 0.284. The second kappa shape index (κ2) is 7.52. The van der Waals surface area contributed by atoms with Crippen LogP contribution in [0.4, 0.5) is 17.6 Å². The van der Waals surface area contributed by atoms with Crippen LogP contribution in [0.5, 0.6) is 0 Å². The van der Waals surface area contributed by atoms with Gasteiger partial charge in [0.2, 0.25) is 0 Å². The lowest BCUT2D eigenvalue weighted by Gasteiger charge is -2.16. The summed E-state index contributed by atoms with van der Waals surface area (Å²) in [7, 11) is 0. The summed E-state index contributed by atoms with van der Waals surface area (Å²) in [5.41, 5.74) is 6.20. The van der Waals surface area contributed by atoms with Crippen LogP contribution in [-0.2, 0) is 6.18 Å². The molecule has 31 heavy (non-hydrogen) atoms. The molecule has 0 fully saturated rings. The Morgan fingerprint density at radius 3 is 1.77 bits per heavy atom. The van der Waals surface area contributed by atoms with E-state index in [1.807, 2.05) is 24.3 Å². The zero-order valence-electron chi connectivity index (χ0n) is 17.8. The fraction of sp³-hybridized carbons (Fsp3) is 0.185. The van der Waals surface area contributed by atoms with Crippen LogP contribution in [0.2, 0.25) is 0 Å². The number of hydrogen-bond donors (Lipinski definition) is 0. The minimum atomic E-state index is -4.61. The number of aryl methyl sites for hydroxylation is 3. The van der Waals surface area contributed by atoms with E-state index in [1.54, 1.807) is 12.1 Å². The molecule has 0 heterocycles. The third-order valence-corrected chi connectivity index (χ3v) is 5.80. The van der Waals surface area contributed by atoms with Gasteiger partial charge in [-0.1, -0.05) is 54.1 Å². The van der Waals surface area contributed by atoms with Gasteiger partial charge >= 0.3 is 6.18 Å². The highest BCUT2D eigenvalue weighted by Gasteiger charge is 2.35. The number of benzene rings is 4. The molecule has 4 aromatic carbocycles. The fourth-order valence-corrected chi connectivity index (χ4v) is 4.49. The van der Waals surface area contributed by atoms with E-state index in [2.05, 4.69) is 32.9 Å². The van der Waals surface area contributed by atoms with Crippen molar-refractivity contribution in [1.29, 1.82) is 0 Å². The van der Waals surface area contributed by atoms with Crippen molar-refractivity contribution < 1.29 is 17.6 Å². The van der Waals surface area contributed by atoms with E-state index in [4.69, 9.17) is 0 Å². The Hall–Kier alpha value is -3.14. The molecular weight excluding hydrogens is 400 g/mol. The molecular formula is C27H22F4. The van der Waals surface area contributed by atoms with Gasteiger partial charge in [0.25, 0.3) is 0 Å². The lowest BCUT2D eigenvalue weighted by atomic mass is 9.92. The van der Waals surface area contributed by atoms with E-state index in [0.717, 1.165) is 16.7 Å². The molecule has 4 rings (SSSR count). The molecule has 0 aromatic heterocycles. The van der Waals surface area contributed by atoms with Crippen LogP contribution >= 0.6 is 0 Å². The molecule has 0 saturated carbocycles. The summed E-state index contributed by atoms with van der Waals surface area (Å²) in [5, 5.41) is 0.250. The van der Waals surface area contributed by atoms with Crippen LogP contribution < -0.4 is 0 Å². The first-order valence-corrected chi connectivity index (χ1v) is 10.0. The molecule has 0 spiro atoms. The molecule has 0 bridgehead atoms. The predicted octanol–water partition coefficient (Wildman–Crippen LogP) is 8.57. The zero-order valence-corrected chi connectivity index (χ0v) is 17.8. The largest absolute Gasteiger partial charge is 0.417 e. The van der Waals surface area contributed by atoms with Gasteiger partial charge in [0.05, 0.1) is 5.56 Å². The number of fused-ring (bicyclic) bond motifs is 1. The van der Waals surface area contributed by atoms with Gasteiger partial charge < -0.3 is 0 Å². The predicted molar refractivity (Wildman–Crippen MR) is 119 cm³/mol. The summed E-state index contributed by atoms with van der Waals surface area (Å²) in [6.45, 7) is 7.41. The van der Waals surface area contributed by atoms with Gasteiger partial charge in [-0.05, 0) is 89.5 Å². The Kier molecular flexibility index (Phi) is 5.12. The number of alkyl halides is 3. The second-order valence-electron chi connectivity index (χ2n) is 8.14. The maximum atomic E-state index is 14.2. The summed E-state index contributed by atoms with van der Waals surface area (Å²) in [6, 6.07) is 18.1. The Morgan fingerprint density at radius 1 is 0.645 bits per heavy atom. The highest BCUT2D eigenvalue weighted by molar-refractivity contribution is 5.91. The Labute approximate surface area is 179 Å². The zero-order chi connectivity index (χ0) is 22.5. The molecule has 0 aliphatic heterocycles. The fourth-order valence-electron chi connectivity index (χ4n) is 4.49. The van der Waals surface area contributed by atoms with E-state index in [0.29, 0.717) is 0 Å². The lowest BCUT2D eigenvalue weighted by molar-refractivity contribution is -0.136. The summed E-state index contributed by atoms with van der Waals surface area (Å²) < 4.78 is 54.8.